The average Bonchev–Trinajstić information content (AvgIpc) is 3.11. The van der Waals surface area contributed by atoms with Gasteiger partial charge in [-0.05, 0) is 53.8 Å². The highest BCUT2D eigenvalue weighted by atomic mass is 15.7. The molecule has 2 aliphatic heterocycles. The predicted octanol–water partition coefficient (Wildman–Crippen LogP) is 4.19. The fraction of sp³-hybridized carbons (Fsp3) is 0.231. The third kappa shape index (κ3) is 4.09. The average molecular weight is 429 g/mol. The monoisotopic (exact) mass is 428 g/mol. The van der Waals surface area contributed by atoms with Crippen molar-refractivity contribution in [1.82, 2.24) is 26.6 Å². The Morgan fingerprint density at radius 1 is 1.12 bits per heavy atom. The van der Waals surface area contributed by atoms with Crippen molar-refractivity contribution >= 4 is 22.7 Å². The predicted molar refractivity (Wildman–Crippen MR) is 135 cm³/mol. The Morgan fingerprint density at radius 2 is 1.88 bits per heavy atom. The number of rotatable bonds is 7. The van der Waals surface area contributed by atoms with Crippen LogP contribution < -0.4 is 26.9 Å². The molecule has 2 aromatic carbocycles. The van der Waals surface area contributed by atoms with Crippen molar-refractivity contribution in [2.24, 2.45) is 0 Å². The van der Waals surface area contributed by atoms with Crippen molar-refractivity contribution in [3.8, 4) is 0 Å². The highest BCUT2D eigenvalue weighted by Crippen LogP contribution is 2.38. The van der Waals surface area contributed by atoms with Crippen molar-refractivity contribution < 1.29 is 0 Å². The summed E-state index contributed by atoms with van der Waals surface area (Å²) in [4.78, 5) is 0. The zero-order valence-electron chi connectivity index (χ0n) is 19.0. The molecule has 0 saturated heterocycles. The number of nitrogens with one attached hydrogen (secondary N) is 5. The molecule has 1 atom stereocenters. The van der Waals surface area contributed by atoms with E-state index < -0.39 is 0 Å². The molecular weight excluding hydrogens is 396 g/mol. The van der Waals surface area contributed by atoms with Crippen LogP contribution in [0.5, 0.6) is 0 Å². The maximum Gasteiger partial charge on any atom is 0.0814 e. The lowest BCUT2D eigenvalue weighted by Crippen LogP contribution is -2.37. The van der Waals surface area contributed by atoms with Crippen molar-refractivity contribution in [3.05, 3.63) is 95.8 Å². The number of hydrogen-bond donors (Lipinski definition) is 5. The first-order chi connectivity index (χ1) is 15.5. The molecular formula is C26H32N6. The maximum atomic E-state index is 4.05. The maximum absolute atomic E-state index is 4.05. The van der Waals surface area contributed by atoms with Gasteiger partial charge in [-0.1, -0.05) is 43.5 Å². The Bertz CT molecular complexity index is 1080. The van der Waals surface area contributed by atoms with E-state index in [-0.39, 0.29) is 6.04 Å². The van der Waals surface area contributed by atoms with E-state index in [0.717, 1.165) is 46.7 Å². The van der Waals surface area contributed by atoms with Crippen molar-refractivity contribution in [3.63, 3.8) is 0 Å². The molecule has 2 aliphatic rings. The summed E-state index contributed by atoms with van der Waals surface area (Å²) < 4.78 is 0. The summed E-state index contributed by atoms with van der Waals surface area (Å²) in [6.45, 7) is 11.0. The fourth-order valence-electron chi connectivity index (χ4n) is 4.32. The Labute approximate surface area is 190 Å². The Balaban J connectivity index is 1.74. The van der Waals surface area contributed by atoms with Crippen LogP contribution >= 0.6 is 0 Å². The molecule has 0 aromatic heterocycles. The second-order valence-electron chi connectivity index (χ2n) is 8.05. The lowest BCUT2D eigenvalue weighted by Gasteiger charge is -2.22. The van der Waals surface area contributed by atoms with E-state index >= 15 is 0 Å². The third-order valence-corrected chi connectivity index (χ3v) is 6.06. The van der Waals surface area contributed by atoms with Crippen molar-refractivity contribution in [2.75, 3.05) is 26.0 Å². The van der Waals surface area contributed by atoms with E-state index in [1.807, 2.05) is 26.4 Å². The second-order valence-corrected chi connectivity index (χ2v) is 8.05. The van der Waals surface area contributed by atoms with Crippen LogP contribution in [0.2, 0.25) is 0 Å². The van der Waals surface area contributed by atoms with E-state index in [4.69, 9.17) is 0 Å². The van der Waals surface area contributed by atoms with E-state index in [9.17, 15) is 0 Å². The molecule has 6 nitrogen and oxygen atoms in total. The van der Waals surface area contributed by atoms with Gasteiger partial charge in [0.1, 0.15) is 0 Å². The molecule has 5 N–H and O–H groups in total. The molecule has 0 fully saturated rings. The number of benzene rings is 2. The van der Waals surface area contributed by atoms with Gasteiger partial charge < -0.3 is 21.4 Å². The Morgan fingerprint density at radius 3 is 2.56 bits per heavy atom. The molecule has 6 heteroatoms. The molecule has 0 radical (unpaired) electrons. The zero-order chi connectivity index (χ0) is 22.7. The van der Waals surface area contributed by atoms with Gasteiger partial charge in [-0.3, -0.25) is 5.01 Å². The van der Waals surface area contributed by atoms with Crippen LogP contribution in [0.3, 0.4) is 0 Å². The minimum atomic E-state index is 0.164. The number of hydrogen-bond acceptors (Lipinski definition) is 6. The first kappa shape index (κ1) is 21.6. The van der Waals surface area contributed by atoms with E-state index in [1.165, 1.54) is 16.8 Å². The van der Waals surface area contributed by atoms with E-state index in [1.54, 1.807) is 0 Å². The molecule has 4 rings (SSSR count). The van der Waals surface area contributed by atoms with Gasteiger partial charge in [-0.2, -0.15) is 0 Å². The number of nitrogens with zero attached hydrogens (tertiary/aromatic N) is 1. The Kier molecular flexibility index (Phi) is 6.23. The van der Waals surface area contributed by atoms with Crippen molar-refractivity contribution in [2.45, 2.75) is 19.4 Å². The number of fused-ring (bicyclic) bond motifs is 3. The molecule has 2 aromatic rings. The molecule has 0 saturated carbocycles. The summed E-state index contributed by atoms with van der Waals surface area (Å²) in [6, 6.07) is 15.3. The van der Waals surface area contributed by atoms with Gasteiger partial charge in [0, 0.05) is 43.8 Å². The Hall–Kier alpha value is -3.64. The van der Waals surface area contributed by atoms with Gasteiger partial charge in [0.2, 0.25) is 0 Å². The SMILES string of the molecule is C=C/C(=C\NC)c1ccc2c(c1)C(Nc1ccc(C(=C)NC)cc1)CCN1NNC(C)=C21. The van der Waals surface area contributed by atoms with Gasteiger partial charge in [-0.25, -0.2) is 0 Å². The molecule has 0 spiro atoms. The lowest BCUT2D eigenvalue weighted by molar-refractivity contribution is 0.281. The van der Waals surface area contributed by atoms with Crippen molar-refractivity contribution in [1.29, 1.82) is 0 Å². The second kappa shape index (κ2) is 9.24. The smallest absolute Gasteiger partial charge is 0.0814 e. The van der Waals surface area contributed by atoms with Crippen LogP contribution in [0.25, 0.3) is 17.0 Å². The highest BCUT2D eigenvalue weighted by molar-refractivity contribution is 5.78. The van der Waals surface area contributed by atoms with Crippen LogP contribution in [0, 0.1) is 0 Å². The number of allylic oxidation sites excluding steroid dienone is 3. The standard InChI is InChI=1S/C26H32N6/c1-6-19(16-27-4)21-9-12-23-24(15-21)25(13-14-32-26(23)18(3)30-31-32)29-22-10-7-20(8-11-22)17(2)28-5/h6-12,15-16,25,27-31H,1-2,13-14H2,3-5H3/b19-16+. The van der Waals surface area contributed by atoms with Gasteiger partial charge in [0.25, 0.3) is 0 Å². The molecule has 32 heavy (non-hydrogen) atoms. The third-order valence-electron chi connectivity index (χ3n) is 6.06. The summed E-state index contributed by atoms with van der Waals surface area (Å²) >= 11 is 0. The van der Waals surface area contributed by atoms with Gasteiger partial charge in [0.05, 0.1) is 17.4 Å². The van der Waals surface area contributed by atoms with Gasteiger partial charge in [-0.15, -0.1) is 5.53 Å². The van der Waals surface area contributed by atoms with E-state index in [2.05, 4.69) is 94.5 Å². The fourth-order valence-corrected chi connectivity index (χ4v) is 4.32. The summed E-state index contributed by atoms with van der Waals surface area (Å²) in [5.41, 5.74) is 16.7. The van der Waals surface area contributed by atoms with Crippen LogP contribution in [0.4, 0.5) is 5.69 Å². The highest BCUT2D eigenvalue weighted by Gasteiger charge is 2.30. The van der Waals surface area contributed by atoms with E-state index in [0.29, 0.717) is 0 Å². The minimum absolute atomic E-state index is 0.164. The summed E-state index contributed by atoms with van der Waals surface area (Å²) in [7, 11) is 3.80. The lowest BCUT2D eigenvalue weighted by atomic mass is 9.92. The number of anilines is 1. The first-order valence-electron chi connectivity index (χ1n) is 10.9. The topological polar surface area (TPSA) is 63.4 Å². The molecule has 0 aliphatic carbocycles. The molecule has 166 valence electrons. The molecule has 0 bridgehead atoms. The molecule has 1 unspecified atom stereocenters. The van der Waals surface area contributed by atoms with Gasteiger partial charge in [0.15, 0.2) is 0 Å². The molecule has 2 heterocycles. The first-order valence-corrected chi connectivity index (χ1v) is 10.9. The van der Waals surface area contributed by atoms with Crippen LogP contribution in [-0.4, -0.2) is 25.6 Å². The minimum Gasteiger partial charge on any atom is -0.393 e. The quantitative estimate of drug-likeness (QED) is 0.426. The van der Waals surface area contributed by atoms with Crippen LogP contribution in [0.1, 0.15) is 41.6 Å². The van der Waals surface area contributed by atoms with Crippen LogP contribution in [-0.2, 0) is 0 Å². The largest absolute Gasteiger partial charge is 0.393 e. The number of hydrazine groups is 2. The van der Waals surface area contributed by atoms with Crippen LogP contribution in [0.15, 0.2) is 73.6 Å². The molecule has 0 amide bonds. The van der Waals surface area contributed by atoms with Gasteiger partial charge >= 0.3 is 0 Å². The summed E-state index contributed by atoms with van der Waals surface area (Å²) in [5, 5.41) is 12.2. The summed E-state index contributed by atoms with van der Waals surface area (Å²) in [6.07, 6.45) is 4.82. The normalized spacial score (nSPS) is 17.7. The summed E-state index contributed by atoms with van der Waals surface area (Å²) in [5.74, 6) is 0. The zero-order valence-corrected chi connectivity index (χ0v) is 19.0.